The Morgan fingerprint density at radius 3 is 2.46 bits per heavy atom. The molecule has 2 fully saturated rings. The zero-order valence-corrected chi connectivity index (χ0v) is 19.8. The molecule has 1 aliphatic carbocycles. The van der Waals surface area contributed by atoms with Crippen molar-refractivity contribution in [1.29, 1.82) is 0 Å². The van der Waals surface area contributed by atoms with Gasteiger partial charge in [-0.1, -0.05) is 6.07 Å². The normalized spacial score (nSPS) is 17.3. The molecule has 1 amide bonds. The Kier molecular flexibility index (Phi) is 6.94. The fourth-order valence-electron chi connectivity index (χ4n) is 4.10. The summed E-state index contributed by atoms with van der Waals surface area (Å²) in [4.78, 5) is 17.7. The molecule has 0 unspecified atom stereocenters. The van der Waals surface area contributed by atoms with Crippen LogP contribution in [0.1, 0.15) is 53.2 Å². The number of amides is 1. The van der Waals surface area contributed by atoms with E-state index in [1.54, 1.807) is 15.7 Å². The third-order valence-electron chi connectivity index (χ3n) is 6.08. The van der Waals surface area contributed by atoms with Crippen LogP contribution >= 0.6 is 0 Å². The summed E-state index contributed by atoms with van der Waals surface area (Å²) in [6.45, 7) is 1.31. The predicted octanol–water partition coefficient (Wildman–Crippen LogP) is 4.10. The van der Waals surface area contributed by atoms with Crippen LogP contribution in [0.15, 0.2) is 30.3 Å². The van der Waals surface area contributed by atoms with Crippen molar-refractivity contribution in [3.8, 4) is 5.75 Å². The van der Waals surface area contributed by atoms with Gasteiger partial charge >= 0.3 is 6.18 Å². The first kappa shape index (κ1) is 25.2. The smallest absolute Gasteiger partial charge is 0.433 e. The van der Waals surface area contributed by atoms with Crippen LogP contribution in [0.5, 0.6) is 5.75 Å². The fourth-order valence-corrected chi connectivity index (χ4v) is 4.55. The average molecular weight is 516 g/mol. The number of carbonyl (C=O) groups is 1. The SMILES string of the molecule is CS(=O)(=O)NC(=O)c1cc(C2CC2)c(OCC2CCN(c3cccc(C(F)(F)F)n3)CC2)cc1F. The zero-order valence-electron chi connectivity index (χ0n) is 18.9. The number of pyridine rings is 1. The van der Waals surface area contributed by atoms with E-state index in [4.69, 9.17) is 4.74 Å². The van der Waals surface area contributed by atoms with Crippen LogP contribution in [0.3, 0.4) is 0 Å². The Bertz CT molecular complexity index is 1210. The van der Waals surface area contributed by atoms with Gasteiger partial charge in [-0.3, -0.25) is 4.79 Å². The van der Waals surface area contributed by atoms with Gasteiger partial charge in [0, 0.05) is 19.2 Å². The number of hydrogen-bond donors (Lipinski definition) is 1. The van der Waals surface area contributed by atoms with Gasteiger partial charge in [-0.05, 0) is 61.3 Å². The molecule has 0 radical (unpaired) electrons. The molecule has 1 aliphatic heterocycles. The van der Waals surface area contributed by atoms with Crippen molar-refractivity contribution in [3.05, 3.63) is 53.0 Å². The number of halogens is 4. The quantitative estimate of drug-likeness (QED) is 0.559. The third-order valence-corrected chi connectivity index (χ3v) is 6.63. The Labute approximate surface area is 200 Å². The van der Waals surface area contributed by atoms with Gasteiger partial charge in [0.05, 0.1) is 18.4 Å². The minimum atomic E-state index is -4.50. The number of aromatic nitrogens is 1. The number of piperidine rings is 1. The lowest BCUT2D eigenvalue weighted by Gasteiger charge is -2.33. The lowest BCUT2D eigenvalue weighted by molar-refractivity contribution is -0.141. The number of carbonyl (C=O) groups excluding carboxylic acids is 1. The van der Waals surface area contributed by atoms with Crippen LogP contribution in [0.2, 0.25) is 0 Å². The largest absolute Gasteiger partial charge is 0.493 e. The highest BCUT2D eigenvalue weighted by Gasteiger charge is 2.33. The van der Waals surface area contributed by atoms with Crippen molar-refractivity contribution in [2.45, 2.75) is 37.8 Å². The van der Waals surface area contributed by atoms with Crippen molar-refractivity contribution in [2.24, 2.45) is 5.92 Å². The molecule has 1 aromatic heterocycles. The molecule has 1 aromatic carbocycles. The van der Waals surface area contributed by atoms with Crippen LogP contribution in [0.4, 0.5) is 23.4 Å². The van der Waals surface area contributed by atoms with E-state index in [2.05, 4.69) is 4.98 Å². The molecule has 190 valence electrons. The van der Waals surface area contributed by atoms with E-state index < -0.39 is 33.6 Å². The van der Waals surface area contributed by atoms with Gasteiger partial charge in [0.15, 0.2) is 0 Å². The molecule has 35 heavy (non-hydrogen) atoms. The Balaban J connectivity index is 1.39. The first-order valence-corrected chi connectivity index (χ1v) is 13.1. The van der Waals surface area contributed by atoms with Crippen molar-refractivity contribution < 1.29 is 35.5 Å². The predicted molar refractivity (Wildman–Crippen MR) is 120 cm³/mol. The Hall–Kier alpha value is -2.89. The number of rotatable bonds is 7. The number of nitrogens with zero attached hydrogens (tertiary/aromatic N) is 2. The Morgan fingerprint density at radius 1 is 1.17 bits per heavy atom. The lowest BCUT2D eigenvalue weighted by atomic mass is 9.97. The van der Waals surface area contributed by atoms with E-state index in [1.165, 1.54) is 12.1 Å². The number of hydrogen-bond acceptors (Lipinski definition) is 6. The maximum absolute atomic E-state index is 14.6. The van der Waals surface area contributed by atoms with E-state index in [1.807, 2.05) is 0 Å². The minimum Gasteiger partial charge on any atom is -0.493 e. The topological polar surface area (TPSA) is 88.6 Å². The zero-order chi connectivity index (χ0) is 25.4. The summed E-state index contributed by atoms with van der Waals surface area (Å²) >= 11 is 0. The van der Waals surface area contributed by atoms with Gasteiger partial charge in [-0.25, -0.2) is 22.5 Å². The fraction of sp³-hybridized carbons (Fsp3) is 0.478. The first-order valence-electron chi connectivity index (χ1n) is 11.2. The molecule has 2 aliphatic rings. The Morgan fingerprint density at radius 2 is 1.86 bits per heavy atom. The van der Waals surface area contributed by atoms with E-state index in [-0.39, 0.29) is 29.8 Å². The van der Waals surface area contributed by atoms with E-state index >= 15 is 0 Å². The van der Waals surface area contributed by atoms with Crippen LogP contribution < -0.4 is 14.4 Å². The molecule has 2 aromatic rings. The molecule has 4 rings (SSSR count). The van der Waals surface area contributed by atoms with E-state index in [0.717, 1.165) is 31.2 Å². The molecular formula is C23H25F4N3O4S. The number of alkyl halides is 3. The van der Waals surface area contributed by atoms with Crippen molar-refractivity contribution in [1.82, 2.24) is 9.71 Å². The molecule has 0 atom stereocenters. The summed E-state index contributed by atoms with van der Waals surface area (Å²) in [5.41, 5.74) is -0.619. The molecule has 1 N–H and O–H groups in total. The van der Waals surface area contributed by atoms with Crippen LogP contribution in [0, 0.1) is 11.7 Å². The molecule has 2 heterocycles. The number of anilines is 1. The summed E-state index contributed by atoms with van der Waals surface area (Å²) in [6, 6.07) is 6.31. The second kappa shape index (κ2) is 9.63. The second-order valence-electron chi connectivity index (χ2n) is 8.97. The maximum Gasteiger partial charge on any atom is 0.433 e. The highest BCUT2D eigenvalue weighted by atomic mass is 32.2. The van der Waals surface area contributed by atoms with Crippen molar-refractivity contribution in [3.63, 3.8) is 0 Å². The highest BCUT2D eigenvalue weighted by molar-refractivity contribution is 7.89. The van der Waals surface area contributed by atoms with Crippen LogP contribution in [-0.4, -0.2) is 45.3 Å². The van der Waals surface area contributed by atoms with Crippen LogP contribution in [0.25, 0.3) is 0 Å². The first-order chi connectivity index (χ1) is 16.4. The number of ether oxygens (including phenoxy) is 1. The second-order valence-corrected chi connectivity index (χ2v) is 10.7. The van der Waals surface area contributed by atoms with Gasteiger partial charge in [0.1, 0.15) is 23.1 Å². The summed E-state index contributed by atoms with van der Waals surface area (Å²) < 4.78 is 83.9. The third kappa shape index (κ3) is 6.41. The summed E-state index contributed by atoms with van der Waals surface area (Å²) in [5, 5.41) is 0. The molecular weight excluding hydrogens is 490 g/mol. The van der Waals surface area contributed by atoms with Gasteiger partial charge in [-0.15, -0.1) is 0 Å². The van der Waals surface area contributed by atoms with E-state index in [9.17, 15) is 30.8 Å². The molecule has 0 bridgehead atoms. The van der Waals surface area contributed by atoms with Gasteiger partial charge in [-0.2, -0.15) is 13.2 Å². The monoisotopic (exact) mass is 515 g/mol. The van der Waals surface area contributed by atoms with Crippen molar-refractivity contribution >= 4 is 21.7 Å². The molecule has 0 spiro atoms. The standard InChI is InChI=1S/C23H25F4N3O4S/c1-35(32,33)29-22(31)17-11-16(15-5-6-15)19(12-18(17)24)34-13-14-7-9-30(10-8-14)21-4-2-3-20(28-21)23(25,26)27/h2-4,11-12,14-15H,5-10,13H2,1H3,(H,29,31). The molecule has 1 saturated carbocycles. The summed E-state index contributed by atoms with van der Waals surface area (Å²) in [7, 11) is -3.84. The van der Waals surface area contributed by atoms with Gasteiger partial charge < -0.3 is 9.64 Å². The lowest BCUT2D eigenvalue weighted by Crippen LogP contribution is -2.36. The number of benzene rings is 1. The minimum absolute atomic E-state index is 0.111. The molecule has 1 saturated heterocycles. The number of sulfonamides is 1. The van der Waals surface area contributed by atoms with E-state index in [0.29, 0.717) is 37.2 Å². The maximum atomic E-state index is 14.6. The highest BCUT2D eigenvalue weighted by Crippen LogP contribution is 2.45. The number of nitrogens with one attached hydrogen (secondary N) is 1. The summed E-state index contributed by atoms with van der Waals surface area (Å²) in [6.07, 6.45) is -0.648. The van der Waals surface area contributed by atoms with Gasteiger partial charge in [0.25, 0.3) is 5.91 Å². The average Bonchev–Trinajstić information content (AvgIpc) is 3.61. The van der Waals surface area contributed by atoms with Crippen molar-refractivity contribution in [2.75, 3.05) is 30.9 Å². The summed E-state index contributed by atoms with van der Waals surface area (Å²) in [5.74, 6) is -1.09. The molecule has 12 heteroatoms. The van der Waals surface area contributed by atoms with Gasteiger partial charge in [0.2, 0.25) is 10.0 Å². The van der Waals surface area contributed by atoms with Crippen LogP contribution in [-0.2, 0) is 16.2 Å². The molecule has 7 nitrogen and oxygen atoms in total.